The third kappa shape index (κ3) is 1.79. The molecule has 0 atom stereocenters. The first-order valence-corrected chi connectivity index (χ1v) is 6.64. The highest BCUT2D eigenvalue weighted by Gasteiger charge is 2.27. The van der Waals surface area contributed by atoms with Gasteiger partial charge in [0.2, 0.25) is 0 Å². The van der Waals surface area contributed by atoms with Crippen LogP contribution >= 0.6 is 0 Å². The molecule has 0 radical (unpaired) electrons. The highest BCUT2D eigenvalue weighted by atomic mass is 15.0. The Balaban J connectivity index is 1.95. The fourth-order valence-corrected chi connectivity index (χ4v) is 2.47. The summed E-state index contributed by atoms with van der Waals surface area (Å²) >= 11 is 0. The Morgan fingerprint density at radius 3 is 2.55 bits per heavy atom. The molecule has 3 heterocycles. The van der Waals surface area contributed by atoms with Crippen molar-refractivity contribution in [3.8, 4) is 11.4 Å². The van der Waals surface area contributed by atoms with Crippen molar-refractivity contribution in [2.24, 2.45) is 0 Å². The van der Waals surface area contributed by atoms with Gasteiger partial charge in [-0.05, 0) is 36.5 Å². The first-order valence-electron chi connectivity index (χ1n) is 6.64. The molecule has 1 saturated carbocycles. The molecule has 1 aliphatic carbocycles. The minimum Gasteiger partial charge on any atom is -0.383 e. The molecular weight excluding hydrogens is 250 g/mol. The third-order valence-electron chi connectivity index (χ3n) is 3.62. The predicted molar refractivity (Wildman–Crippen MR) is 77.0 cm³/mol. The molecule has 0 aliphatic heterocycles. The van der Waals surface area contributed by atoms with Crippen LogP contribution in [0.5, 0.6) is 0 Å². The van der Waals surface area contributed by atoms with E-state index in [0.717, 1.165) is 16.5 Å². The van der Waals surface area contributed by atoms with E-state index in [0.29, 0.717) is 17.6 Å². The normalized spacial score (nSPS) is 14.6. The maximum atomic E-state index is 6.17. The van der Waals surface area contributed by atoms with Gasteiger partial charge in [-0.3, -0.25) is 9.97 Å². The average molecular weight is 263 g/mol. The number of pyridine rings is 2. The van der Waals surface area contributed by atoms with Crippen molar-refractivity contribution in [3.63, 3.8) is 0 Å². The lowest BCUT2D eigenvalue weighted by Gasteiger charge is -2.08. The van der Waals surface area contributed by atoms with E-state index < -0.39 is 0 Å². The largest absolute Gasteiger partial charge is 0.383 e. The Bertz CT molecular complexity index is 781. The molecule has 0 aromatic carbocycles. The van der Waals surface area contributed by atoms with E-state index in [1.807, 2.05) is 18.3 Å². The van der Waals surface area contributed by atoms with E-state index in [1.165, 1.54) is 18.4 Å². The topological polar surface area (TPSA) is 77.6 Å². The van der Waals surface area contributed by atoms with Gasteiger partial charge in [0.25, 0.3) is 0 Å². The summed E-state index contributed by atoms with van der Waals surface area (Å²) in [5.41, 5.74) is 9.07. The first-order chi connectivity index (χ1) is 9.83. The molecule has 20 heavy (non-hydrogen) atoms. The molecule has 98 valence electrons. The van der Waals surface area contributed by atoms with Crippen molar-refractivity contribution in [1.82, 2.24) is 19.9 Å². The Hall–Kier alpha value is -2.56. The quantitative estimate of drug-likeness (QED) is 0.768. The molecule has 0 saturated heterocycles. The van der Waals surface area contributed by atoms with Gasteiger partial charge < -0.3 is 5.73 Å². The van der Waals surface area contributed by atoms with Crippen LogP contribution in [0.3, 0.4) is 0 Å². The van der Waals surface area contributed by atoms with Crippen LogP contribution < -0.4 is 5.73 Å². The van der Waals surface area contributed by atoms with Crippen molar-refractivity contribution in [1.29, 1.82) is 0 Å². The Kier molecular flexibility index (Phi) is 2.39. The van der Waals surface area contributed by atoms with Crippen LogP contribution in [0.2, 0.25) is 0 Å². The summed E-state index contributed by atoms with van der Waals surface area (Å²) in [6.45, 7) is 0. The standard InChI is InChI=1S/C15H13N5/c16-14-13-11(9-1-2-9)7-18-8-12(13)19-15(20-14)10-3-5-17-6-4-10/h3-9H,1-2H2,(H2,16,19,20). The molecule has 3 aromatic rings. The molecule has 1 aliphatic rings. The van der Waals surface area contributed by atoms with Gasteiger partial charge in [0.15, 0.2) is 5.82 Å². The Morgan fingerprint density at radius 2 is 1.80 bits per heavy atom. The van der Waals surface area contributed by atoms with Crippen molar-refractivity contribution in [2.75, 3.05) is 5.73 Å². The number of rotatable bonds is 2. The van der Waals surface area contributed by atoms with Gasteiger partial charge in [0.1, 0.15) is 5.82 Å². The average Bonchev–Trinajstić information content (AvgIpc) is 3.32. The summed E-state index contributed by atoms with van der Waals surface area (Å²) in [7, 11) is 0. The van der Waals surface area contributed by atoms with Gasteiger partial charge in [0.05, 0.1) is 11.7 Å². The van der Waals surface area contributed by atoms with Gasteiger partial charge in [0, 0.05) is 29.5 Å². The molecule has 0 bridgehead atoms. The van der Waals surface area contributed by atoms with Gasteiger partial charge in [-0.25, -0.2) is 9.97 Å². The van der Waals surface area contributed by atoms with E-state index >= 15 is 0 Å². The number of fused-ring (bicyclic) bond motifs is 1. The third-order valence-corrected chi connectivity index (χ3v) is 3.62. The monoisotopic (exact) mass is 263 g/mol. The van der Waals surface area contributed by atoms with E-state index in [9.17, 15) is 0 Å². The number of anilines is 1. The minimum absolute atomic E-state index is 0.533. The fourth-order valence-electron chi connectivity index (χ4n) is 2.47. The van der Waals surface area contributed by atoms with Crippen LogP contribution in [0.1, 0.15) is 24.3 Å². The van der Waals surface area contributed by atoms with E-state index in [1.54, 1.807) is 18.6 Å². The minimum atomic E-state index is 0.533. The number of hydrogen-bond donors (Lipinski definition) is 1. The second-order valence-corrected chi connectivity index (χ2v) is 5.07. The summed E-state index contributed by atoms with van der Waals surface area (Å²) in [6, 6.07) is 3.75. The van der Waals surface area contributed by atoms with Crippen LogP contribution in [0.15, 0.2) is 36.9 Å². The molecule has 4 rings (SSSR count). The van der Waals surface area contributed by atoms with E-state index in [4.69, 9.17) is 5.73 Å². The highest BCUT2D eigenvalue weighted by Crippen LogP contribution is 2.43. The number of aromatic nitrogens is 4. The van der Waals surface area contributed by atoms with E-state index in [-0.39, 0.29) is 0 Å². The molecule has 1 fully saturated rings. The SMILES string of the molecule is Nc1nc(-c2ccncc2)nc2cncc(C3CC3)c12. The van der Waals surface area contributed by atoms with Gasteiger partial charge >= 0.3 is 0 Å². The van der Waals surface area contributed by atoms with Crippen LogP contribution in [0.4, 0.5) is 5.82 Å². The smallest absolute Gasteiger partial charge is 0.162 e. The van der Waals surface area contributed by atoms with Crippen LogP contribution in [0, 0.1) is 0 Å². The summed E-state index contributed by atoms with van der Waals surface area (Å²) in [5, 5.41) is 0.959. The number of nitrogens with two attached hydrogens (primary N) is 1. The predicted octanol–water partition coefficient (Wildman–Crippen LogP) is 2.55. The maximum Gasteiger partial charge on any atom is 0.162 e. The van der Waals surface area contributed by atoms with Crippen molar-refractivity contribution >= 4 is 16.7 Å². The zero-order chi connectivity index (χ0) is 13.5. The van der Waals surface area contributed by atoms with Gasteiger partial charge in [-0.2, -0.15) is 0 Å². The Labute approximate surface area is 115 Å². The number of nitrogens with zero attached hydrogens (tertiary/aromatic N) is 4. The molecule has 0 unspecified atom stereocenters. The molecule has 3 aromatic heterocycles. The second-order valence-electron chi connectivity index (χ2n) is 5.07. The van der Waals surface area contributed by atoms with Gasteiger partial charge in [-0.1, -0.05) is 0 Å². The number of hydrogen-bond acceptors (Lipinski definition) is 5. The lowest BCUT2D eigenvalue weighted by Crippen LogP contribution is -2.00. The van der Waals surface area contributed by atoms with E-state index in [2.05, 4.69) is 19.9 Å². The molecule has 5 heteroatoms. The fraction of sp³-hybridized carbons (Fsp3) is 0.200. The summed E-state index contributed by atoms with van der Waals surface area (Å²) < 4.78 is 0. The molecule has 0 spiro atoms. The van der Waals surface area contributed by atoms with Crippen LogP contribution in [-0.4, -0.2) is 19.9 Å². The van der Waals surface area contributed by atoms with Gasteiger partial charge in [-0.15, -0.1) is 0 Å². The highest BCUT2D eigenvalue weighted by molar-refractivity contribution is 5.92. The van der Waals surface area contributed by atoms with Crippen LogP contribution in [0.25, 0.3) is 22.3 Å². The molecular formula is C15H13N5. The zero-order valence-corrected chi connectivity index (χ0v) is 10.8. The van der Waals surface area contributed by atoms with Crippen LogP contribution in [-0.2, 0) is 0 Å². The zero-order valence-electron chi connectivity index (χ0n) is 10.8. The summed E-state index contributed by atoms with van der Waals surface area (Å²) in [5.74, 6) is 1.72. The molecule has 2 N–H and O–H groups in total. The lowest BCUT2D eigenvalue weighted by molar-refractivity contribution is 1.10. The second kappa shape index (κ2) is 4.23. The van der Waals surface area contributed by atoms with Crippen molar-refractivity contribution in [3.05, 3.63) is 42.5 Å². The maximum absolute atomic E-state index is 6.17. The van der Waals surface area contributed by atoms with Crippen molar-refractivity contribution in [2.45, 2.75) is 18.8 Å². The summed E-state index contributed by atoms with van der Waals surface area (Å²) in [6.07, 6.45) is 9.49. The first kappa shape index (κ1) is 11.3. The summed E-state index contributed by atoms with van der Waals surface area (Å²) in [4.78, 5) is 17.3. The molecule has 0 amide bonds. The lowest BCUT2D eigenvalue weighted by atomic mass is 10.1. The molecule has 5 nitrogen and oxygen atoms in total. The van der Waals surface area contributed by atoms with Crippen molar-refractivity contribution < 1.29 is 0 Å². The Morgan fingerprint density at radius 1 is 1.00 bits per heavy atom. The number of nitrogen functional groups attached to an aromatic ring is 1.